The molecule has 0 aliphatic heterocycles. The maximum atomic E-state index is 12.1. The highest BCUT2D eigenvalue weighted by molar-refractivity contribution is 5.96. The zero-order chi connectivity index (χ0) is 15.2. The summed E-state index contributed by atoms with van der Waals surface area (Å²) in [6.07, 6.45) is 0.924. The summed E-state index contributed by atoms with van der Waals surface area (Å²) in [5.74, 6) is 1.51. The number of rotatable bonds is 6. The monoisotopic (exact) mass is 286 g/mol. The molecule has 0 fully saturated rings. The van der Waals surface area contributed by atoms with Crippen LogP contribution in [0.15, 0.2) is 42.5 Å². The average molecular weight is 286 g/mol. The van der Waals surface area contributed by atoms with Crippen LogP contribution in [-0.2, 0) is 6.42 Å². The zero-order valence-electron chi connectivity index (χ0n) is 12.1. The second kappa shape index (κ2) is 6.79. The molecule has 0 aromatic heterocycles. The van der Waals surface area contributed by atoms with E-state index in [1.807, 2.05) is 12.1 Å². The summed E-state index contributed by atoms with van der Waals surface area (Å²) in [7, 11) is 3.19. The number of methoxy groups -OCH3 is 2. The van der Waals surface area contributed by atoms with E-state index in [1.54, 1.807) is 38.5 Å². The van der Waals surface area contributed by atoms with Crippen LogP contribution in [0.4, 0.5) is 0 Å². The first-order chi connectivity index (χ1) is 10.1. The molecule has 21 heavy (non-hydrogen) atoms. The second-order valence-corrected chi connectivity index (χ2v) is 4.65. The van der Waals surface area contributed by atoms with Crippen LogP contribution in [0.25, 0.3) is 0 Å². The van der Waals surface area contributed by atoms with Crippen LogP contribution >= 0.6 is 0 Å². The van der Waals surface area contributed by atoms with Crippen LogP contribution < -0.4 is 9.47 Å². The molecule has 0 unspecified atom stereocenters. The molecular formula is C17H18O4. The molecule has 0 amide bonds. The SMILES string of the molecule is COc1ccc(CCC(=O)c2cccc(O)c2)c(OC)c1. The fraction of sp³-hybridized carbons (Fsp3) is 0.235. The van der Waals surface area contributed by atoms with Crippen LogP contribution in [0.5, 0.6) is 17.2 Å². The highest BCUT2D eigenvalue weighted by Gasteiger charge is 2.10. The van der Waals surface area contributed by atoms with Gasteiger partial charge in [-0.25, -0.2) is 0 Å². The van der Waals surface area contributed by atoms with Gasteiger partial charge in [-0.1, -0.05) is 18.2 Å². The Kier molecular flexibility index (Phi) is 4.82. The predicted octanol–water partition coefficient (Wildman–Crippen LogP) is 3.22. The van der Waals surface area contributed by atoms with E-state index in [1.165, 1.54) is 6.07 Å². The van der Waals surface area contributed by atoms with E-state index in [9.17, 15) is 9.90 Å². The smallest absolute Gasteiger partial charge is 0.163 e. The van der Waals surface area contributed by atoms with Gasteiger partial charge in [-0.15, -0.1) is 0 Å². The van der Waals surface area contributed by atoms with Crippen molar-refractivity contribution < 1.29 is 19.4 Å². The molecule has 0 atom stereocenters. The lowest BCUT2D eigenvalue weighted by atomic mass is 10.0. The van der Waals surface area contributed by atoms with Gasteiger partial charge in [0.25, 0.3) is 0 Å². The lowest BCUT2D eigenvalue weighted by Gasteiger charge is -2.10. The Balaban J connectivity index is 2.07. The molecule has 2 aromatic carbocycles. The molecule has 0 aliphatic rings. The van der Waals surface area contributed by atoms with Crippen LogP contribution in [0, 0.1) is 0 Å². The summed E-state index contributed by atoms with van der Waals surface area (Å²) < 4.78 is 10.5. The molecule has 2 aromatic rings. The van der Waals surface area contributed by atoms with Crippen molar-refractivity contribution in [3.05, 3.63) is 53.6 Å². The van der Waals surface area contributed by atoms with Gasteiger partial charge in [-0.05, 0) is 30.2 Å². The predicted molar refractivity (Wildman–Crippen MR) is 80.3 cm³/mol. The first kappa shape index (κ1) is 14.9. The van der Waals surface area contributed by atoms with Crippen molar-refractivity contribution >= 4 is 5.78 Å². The lowest BCUT2D eigenvalue weighted by Crippen LogP contribution is -2.02. The van der Waals surface area contributed by atoms with Crippen LogP contribution in [0.1, 0.15) is 22.3 Å². The number of ether oxygens (including phenoxy) is 2. The Bertz CT molecular complexity index is 634. The minimum atomic E-state index is -0.0104. The summed E-state index contributed by atoms with van der Waals surface area (Å²) in [6.45, 7) is 0. The van der Waals surface area contributed by atoms with Gasteiger partial charge in [0.1, 0.15) is 17.2 Å². The van der Waals surface area contributed by atoms with Crippen molar-refractivity contribution in [1.29, 1.82) is 0 Å². The number of aromatic hydroxyl groups is 1. The Morgan fingerprint density at radius 3 is 2.57 bits per heavy atom. The number of Topliss-reactive ketones (excluding diaryl/α,β-unsaturated/α-hetero) is 1. The first-order valence-corrected chi connectivity index (χ1v) is 6.67. The molecule has 0 saturated heterocycles. The molecule has 2 rings (SSSR count). The molecule has 0 bridgehead atoms. The number of phenolic OH excluding ortho intramolecular Hbond substituents is 1. The fourth-order valence-corrected chi connectivity index (χ4v) is 2.13. The third-order valence-electron chi connectivity index (χ3n) is 3.28. The van der Waals surface area contributed by atoms with Crippen molar-refractivity contribution in [3.8, 4) is 17.2 Å². The number of carbonyl (C=O) groups excluding carboxylic acids is 1. The molecule has 0 heterocycles. The lowest BCUT2D eigenvalue weighted by molar-refractivity contribution is 0.0982. The van der Waals surface area contributed by atoms with Gasteiger partial charge in [0.15, 0.2) is 5.78 Å². The molecule has 0 radical (unpaired) electrons. The van der Waals surface area contributed by atoms with Gasteiger partial charge in [0, 0.05) is 18.1 Å². The number of benzene rings is 2. The van der Waals surface area contributed by atoms with E-state index >= 15 is 0 Å². The van der Waals surface area contributed by atoms with E-state index < -0.39 is 0 Å². The van der Waals surface area contributed by atoms with Gasteiger partial charge in [0.05, 0.1) is 14.2 Å². The van der Waals surface area contributed by atoms with Crippen molar-refractivity contribution in [1.82, 2.24) is 0 Å². The summed E-state index contributed by atoms with van der Waals surface area (Å²) in [5, 5.41) is 9.40. The summed E-state index contributed by atoms with van der Waals surface area (Å²) >= 11 is 0. The fourth-order valence-electron chi connectivity index (χ4n) is 2.13. The summed E-state index contributed by atoms with van der Waals surface area (Å²) in [6, 6.07) is 11.9. The van der Waals surface area contributed by atoms with E-state index in [2.05, 4.69) is 0 Å². The third kappa shape index (κ3) is 3.75. The Morgan fingerprint density at radius 2 is 1.90 bits per heavy atom. The quantitative estimate of drug-likeness (QED) is 0.828. The van der Waals surface area contributed by atoms with Gasteiger partial charge in [-0.2, -0.15) is 0 Å². The van der Waals surface area contributed by atoms with Crippen LogP contribution in [-0.4, -0.2) is 25.1 Å². The third-order valence-corrected chi connectivity index (χ3v) is 3.28. The Morgan fingerprint density at radius 1 is 1.10 bits per heavy atom. The largest absolute Gasteiger partial charge is 0.508 e. The second-order valence-electron chi connectivity index (χ2n) is 4.65. The van der Waals surface area contributed by atoms with Crippen molar-refractivity contribution in [2.24, 2.45) is 0 Å². The molecule has 0 aliphatic carbocycles. The number of carbonyl (C=O) groups is 1. The summed E-state index contributed by atoms with van der Waals surface area (Å²) in [5.41, 5.74) is 1.47. The van der Waals surface area contributed by atoms with E-state index in [4.69, 9.17) is 9.47 Å². The number of aryl methyl sites for hydroxylation is 1. The number of hydrogen-bond acceptors (Lipinski definition) is 4. The first-order valence-electron chi connectivity index (χ1n) is 6.67. The highest BCUT2D eigenvalue weighted by atomic mass is 16.5. The van der Waals surface area contributed by atoms with Crippen molar-refractivity contribution in [2.75, 3.05) is 14.2 Å². The molecule has 4 heteroatoms. The zero-order valence-corrected chi connectivity index (χ0v) is 12.1. The van der Waals surface area contributed by atoms with E-state index in [0.29, 0.717) is 24.2 Å². The standard InChI is InChI=1S/C17H18O4/c1-20-15-8-6-12(17(11-15)21-2)7-9-16(19)13-4-3-5-14(18)10-13/h3-6,8,10-11,18H,7,9H2,1-2H3. The van der Waals surface area contributed by atoms with E-state index in [0.717, 1.165) is 11.3 Å². The van der Waals surface area contributed by atoms with Gasteiger partial charge >= 0.3 is 0 Å². The van der Waals surface area contributed by atoms with Gasteiger partial charge < -0.3 is 14.6 Å². The van der Waals surface area contributed by atoms with Crippen LogP contribution in [0.3, 0.4) is 0 Å². The van der Waals surface area contributed by atoms with Crippen molar-refractivity contribution in [3.63, 3.8) is 0 Å². The highest BCUT2D eigenvalue weighted by Crippen LogP contribution is 2.26. The average Bonchev–Trinajstić information content (AvgIpc) is 2.52. The maximum Gasteiger partial charge on any atom is 0.163 e. The molecule has 4 nitrogen and oxygen atoms in total. The Labute approximate surface area is 123 Å². The maximum absolute atomic E-state index is 12.1. The molecule has 0 saturated carbocycles. The number of ketones is 1. The summed E-state index contributed by atoms with van der Waals surface area (Å²) in [4.78, 5) is 12.1. The van der Waals surface area contributed by atoms with Gasteiger partial charge in [0.2, 0.25) is 0 Å². The topological polar surface area (TPSA) is 55.8 Å². The minimum Gasteiger partial charge on any atom is -0.508 e. The Hall–Kier alpha value is -2.49. The molecular weight excluding hydrogens is 268 g/mol. The van der Waals surface area contributed by atoms with Gasteiger partial charge in [-0.3, -0.25) is 4.79 Å². The minimum absolute atomic E-state index is 0.0104. The van der Waals surface area contributed by atoms with E-state index in [-0.39, 0.29) is 11.5 Å². The number of phenols is 1. The molecule has 110 valence electrons. The van der Waals surface area contributed by atoms with Crippen LogP contribution in [0.2, 0.25) is 0 Å². The normalized spacial score (nSPS) is 10.2. The van der Waals surface area contributed by atoms with Crippen molar-refractivity contribution in [2.45, 2.75) is 12.8 Å². The molecule has 0 spiro atoms. The molecule has 1 N–H and O–H groups in total. The number of hydrogen-bond donors (Lipinski definition) is 1.